The van der Waals surface area contributed by atoms with Crippen LogP contribution in [0.5, 0.6) is 0 Å². The van der Waals surface area contributed by atoms with Gasteiger partial charge in [0.2, 0.25) is 5.91 Å². The Morgan fingerprint density at radius 2 is 2.33 bits per heavy atom. The zero-order chi connectivity index (χ0) is 14.5. The fourth-order valence-electron chi connectivity index (χ4n) is 3.03. The van der Waals surface area contributed by atoms with Gasteiger partial charge in [-0.15, -0.1) is 0 Å². The minimum atomic E-state index is 0.0991. The number of piperidine rings is 1. The van der Waals surface area contributed by atoms with Gasteiger partial charge in [0.25, 0.3) is 0 Å². The average Bonchev–Trinajstić information content (AvgIpc) is 3.22. The lowest BCUT2D eigenvalue weighted by Crippen LogP contribution is -2.43. The number of furan rings is 1. The molecule has 1 unspecified atom stereocenters. The third-order valence-electron chi connectivity index (χ3n) is 4.34. The molecule has 1 amide bonds. The Kier molecular flexibility index (Phi) is 4.93. The monoisotopic (exact) mass is 291 g/mol. The molecule has 1 aromatic rings. The second-order valence-corrected chi connectivity index (χ2v) is 6.23. The Morgan fingerprint density at radius 3 is 3.00 bits per heavy atom. The van der Waals surface area contributed by atoms with E-state index in [2.05, 4.69) is 15.5 Å². The highest BCUT2D eigenvalue weighted by atomic mass is 16.3. The number of nitrogens with one attached hydrogen (secondary N) is 2. The molecule has 1 saturated heterocycles. The predicted molar refractivity (Wildman–Crippen MR) is 80.7 cm³/mol. The molecule has 5 heteroatoms. The number of rotatable bonds is 7. The summed E-state index contributed by atoms with van der Waals surface area (Å²) in [7, 11) is 0. The van der Waals surface area contributed by atoms with Crippen LogP contribution in [0.2, 0.25) is 0 Å². The van der Waals surface area contributed by atoms with Crippen molar-refractivity contribution in [2.75, 3.05) is 26.2 Å². The van der Waals surface area contributed by atoms with Gasteiger partial charge in [-0.05, 0) is 56.8 Å². The molecule has 1 saturated carbocycles. The summed E-state index contributed by atoms with van der Waals surface area (Å²) in [5.74, 6) is 1.59. The van der Waals surface area contributed by atoms with Crippen molar-refractivity contribution < 1.29 is 9.21 Å². The first kappa shape index (κ1) is 14.6. The maximum atomic E-state index is 12.1. The van der Waals surface area contributed by atoms with Crippen LogP contribution < -0.4 is 10.6 Å². The molecule has 0 spiro atoms. The van der Waals surface area contributed by atoms with Crippen LogP contribution in [0.4, 0.5) is 0 Å². The second kappa shape index (κ2) is 7.09. The van der Waals surface area contributed by atoms with Gasteiger partial charge < -0.3 is 15.1 Å². The minimum absolute atomic E-state index is 0.0991. The lowest BCUT2D eigenvalue weighted by Gasteiger charge is -2.29. The van der Waals surface area contributed by atoms with E-state index in [-0.39, 0.29) is 5.91 Å². The quantitative estimate of drug-likeness (QED) is 0.796. The van der Waals surface area contributed by atoms with Crippen LogP contribution in [0.25, 0.3) is 0 Å². The highest BCUT2D eigenvalue weighted by molar-refractivity contribution is 5.78. The zero-order valence-corrected chi connectivity index (χ0v) is 12.5. The number of hydrogen-bond donors (Lipinski definition) is 2. The predicted octanol–water partition coefficient (Wildman–Crippen LogP) is 1.36. The Bertz CT molecular complexity index is 436. The van der Waals surface area contributed by atoms with E-state index in [0.29, 0.717) is 25.0 Å². The Balaban J connectivity index is 1.44. The van der Waals surface area contributed by atoms with Crippen LogP contribution in [0.15, 0.2) is 22.8 Å². The molecule has 3 rings (SSSR count). The Morgan fingerprint density at radius 1 is 1.43 bits per heavy atom. The van der Waals surface area contributed by atoms with E-state index >= 15 is 0 Å². The lowest BCUT2D eigenvalue weighted by atomic mass is 9.99. The topological polar surface area (TPSA) is 57.5 Å². The first-order valence-corrected chi connectivity index (χ1v) is 8.05. The molecule has 2 fully saturated rings. The first-order valence-electron chi connectivity index (χ1n) is 8.05. The van der Waals surface area contributed by atoms with Crippen LogP contribution in [-0.4, -0.2) is 43.0 Å². The fourth-order valence-corrected chi connectivity index (χ4v) is 3.03. The molecule has 1 aliphatic carbocycles. The number of carbonyl (C=O) groups is 1. The van der Waals surface area contributed by atoms with E-state index in [9.17, 15) is 4.79 Å². The molecule has 2 heterocycles. The number of amides is 1. The summed E-state index contributed by atoms with van der Waals surface area (Å²) in [5.41, 5.74) is 0. The SMILES string of the molecule is O=C(CN(CC1CCCNC1)C1CC1)NCc1ccco1. The van der Waals surface area contributed by atoms with E-state index in [1.54, 1.807) is 6.26 Å². The van der Waals surface area contributed by atoms with Gasteiger partial charge in [0.05, 0.1) is 19.4 Å². The molecule has 0 bridgehead atoms. The summed E-state index contributed by atoms with van der Waals surface area (Å²) in [6, 6.07) is 4.35. The van der Waals surface area contributed by atoms with Crippen molar-refractivity contribution in [2.45, 2.75) is 38.3 Å². The first-order chi connectivity index (χ1) is 10.3. The maximum absolute atomic E-state index is 12.1. The number of nitrogens with zero attached hydrogens (tertiary/aromatic N) is 1. The van der Waals surface area contributed by atoms with Gasteiger partial charge in [-0.25, -0.2) is 0 Å². The highest BCUT2D eigenvalue weighted by Gasteiger charge is 2.32. The van der Waals surface area contributed by atoms with Crippen LogP contribution in [-0.2, 0) is 11.3 Å². The van der Waals surface area contributed by atoms with Gasteiger partial charge in [0, 0.05) is 12.6 Å². The average molecular weight is 291 g/mol. The van der Waals surface area contributed by atoms with Crippen LogP contribution in [0, 0.1) is 5.92 Å². The van der Waals surface area contributed by atoms with Gasteiger partial charge in [0.1, 0.15) is 5.76 Å². The van der Waals surface area contributed by atoms with Gasteiger partial charge >= 0.3 is 0 Å². The highest BCUT2D eigenvalue weighted by Crippen LogP contribution is 2.28. The van der Waals surface area contributed by atoms with Crippen molar-refractivity contribution in [1.29, 1.82) is 0 Å². The molecular formula is C16H25N3O2. The van der Waals surface area contributed by atoms with Crippen LogP contribution >= 0.6 is 0 Å². The molecule has 116 valence electrons. The molecule has 2 aliphatic rings. The maximum Gasteiger partial charge on any atom is 0.234 e. The van der Waals surface area contributed by atoms with E-state index in [1.807, 2.05) is 12.1 Å². The summed E-state index contributed by atoms with van der Waals surface area (Å²) < 4.78 is 5.23. The normalized spacial score (nSPS) is 22.4. The summed E-state index contributed by atoms with van der Waals surface area (Å²) in [6.45, 7) is 4.28. The third kappa shape index (κ3) is 4.58. The standard InChI is InChI=1S/C16H25N3O2/c20-16(18-10-15-4-2-8-21-15)12-19(14-5-6-14)11-13-3-1-7-17-9-13/h2,4,8,13-14,17H,1,3,5-7,9-12H2,(H,18,20). The summed E-state index contributed by atoms with van der Waals surface area (Å²) >= 11 is 0. The van der Waals surface area contributed by atoms with Crippen molar-refractivity contribution in [3.05, 3.63) is 24.2 Å². The Hall–Kier alpha value is -1.33. The van der Waals surface area contributed by atoms with Crippen LogP contribution in [0.1, 0.15) is 31.4 Å². The summed E-state index contributed by atoms with van der Waals surface area (Å²) in [5, 5.41) is 6.40. The molecule has 2 N–H and O–H groups in total. The number of carbonyl (C=O) groups excluding carboxylic acids is 1. The Labute approximate surface area is 126 Å². The van der Waals surface area contributed by atoms with Crippen molar-refractivity contribution in [1.82, 2.24) is 15.5 Å². The van der Waals surface area contributed by atoms with Gasteiger partial charge in [-0.3, -0.25) is 9.69 Å². The summed E-state index contributed by atoms with van der Waals surface area (Å²) in [4.78, 5) is 14.5. The molecule has 21 heavy (non-hydrogen) atoms. The molecule has 5 nitrogen and oxygen atoms in total. The summed E-state index contributed by atoms with van der Waals surface area (Å²) in [6.07, 6.45) is 6.66. The van der Waals surface area contributed by atoms with E-state index in [1.165, 1.54) is 25.7 Å². The second-order valence-electron chi connectivity index (χ2n) is 6.23. The van der Waals surface area contributed by atoms with Crippen molar-refractivity contribution >= 4 is 5.91 Å². The molecular weight excluding hydrogens is 266 g/mol. The molecule has 0 radical (unpaired) electrons. The smallest absolute Gasteiger partial charge is 0.234 e. The van der Waals surface area contributed by atoms with E-state index < -0.39 is 0 Å². The molecule has 1 aliphatic heterocycles. The zero-order valence-electron chi connectivity index (χ0n) is 12.5. The van der Waals surface area contributed by atoms with Gasteiger partial charge in [-0.2, -0.15) is 0 Å². The van der Waals surface area contributed by atoms with Gasteiger partial charge in [0.15, 0.2) is 0 Å². The fraction of sp³-hybridized carbons (Fsp3) is 0.688. The molecule has 1 aromatic heterocycles. The van der Waals surface area contributed by atoms with Crippen molar-refractivity contribution in [3.8, 4) is 0 Å². The lowest BCUT2D eigenvalue weighted by molar-refractivity contribution is -0.122. The van der Waals surface area contributed by atoms with E-state index in [0.717, 1.165) is 25.4 Å². The van der Waals surface area contributed by atoms with Crippen molar-refractivity contribution in [3.63, 3.8) is 0 Å². The molecule has 1 atom stereocenters. The van der Waals surface area contributed by atoms with Crippen LogP contribution in [0.3, 0.4) is 0 Å². The largest absolute Gasteiger partial charge is 0.467 e. The third-order valence-corrected chi connectivity index (χ3v) is 4.34. The minimum Gasteiger partial charge on any atom is -0.467 e. The van der Waals surface area contributed by atoms with Gasteiger partial charge in [-0.1, -0.05) is 0 Å². The van der Waals surface area contributed by atoms with Crippen molar-refractivity contribution in [2.24, 2.45) is 5.92 Å². The number of hydrogen-bond acceptors (Lipinski definition) is 4. The van der Waals surface area contributed by atoms with E-state index in [4.69, 9.17) is 4.42 Å². The molecule has 0 aromatic carbocycles.